The van der Waals surface area contributed by atoms with Gasteiger partial charge in [0, 0.05) is 5.54 Å². The lowest BCUT2D eigenvalue weighted by molar-refractivity contribution is 0.358. The molecular weight excluding hydrogens is 190 g/mol. The Hall–Kier alpha value is -0.470. The van der Waals surface area contributed by atoms with Crippen molar-refractivity contribution >= 4 is 11.8 Å². The number of hydrogen-bond acceptors (Lipinski definition) is 2. The van der Waals surface area contributed by atoms with Crippen molar-refractivity contribution in [2.75, 3.05) is 6.26 Å². The summed E-state index contributed by atoms with van der Waals surface area (Å²) in [5.41, 5.74) is 3.18. The van der Waals surface area contributed by atoms with Crippen molar-refractivity contribution in [3.8, 4) is 0 Å². The van der Waals surface area contributed by atoms with Gasteiger partial charge in [0.1, 0.15) is 0 Å². The molecule has 0 fully saturated rings. The molecule has 0 spiro atoms. The minimum absolute atomic E-state index is 0.224. The first-order valence-corrected chi connectivity index (χ1v) is 6.29. The SMILES string of the molecule is CSC1NC(C)(C)Cc2ccccc21. The lowest BCUT2D eigenvalue weighted by Gasteiger charge is -2.38. The van der Waals surface area contributed by atoms with Gasteiger partial charge in [0.25, 0.3) is 0 Å². The predicted molar refractivity (Wildman–Crippen MR) is 63.6 cm³/mol. The Kier molecular flexibility index (Phi) is 2.58. The fourth-order valence-electron chi connectivity index (χ4n) is 2.10. The fourth-order valence-corrected chi connectivity index (χ4v) is 3.02. The van der Waals surface area contributed by atoms with E-state index in [1.807, 2.05) is 11.8 Å². The number of benzene rings is 1. The second-order valence-corrected chi connectivity index (χ2v) is 5.46. The summed E-state index contributed by atoms with van der Waals surface area (Å²) in [5, 5.41) is 4.12. The van der Waals surface area contributed by atoms with E-state index in [-0.39, 0.29) is 5.54 Å². The molecule has 0 saturated carbocycles. The summed E-state index contributed by atoms with van der Waals surface area (Å²) in [7, 11) is 0. The summed E-state index contributed by atoms with van der Waals surface area (Å²) >= 11 is 1.88. The van der Waals surface area contributed by atoms with E-state index >= 15 is 0 Å². The van der Waals surface area contributed by atoms with Crippen LogP contribution in [-0.4, -0.2) is 11.8 Å². The molecule has 0 aromatic heterocycles. The first-order chi connectivity index (χ1) is 6.62. The summed E-state index contributed by atoms with van der Waals surface area (Å²) in [6, 6.07) is 8.75. The van der Waals surface area contributed by atoms with Crippen LogP contribution in [0.1, 0.15) is 30.3 Å². The third-order valence-corrected chi connectivity index (χ3v) is 3.57. The first kappa shape index (κ1) is 10.1. The molecule has 0 radical (unpaired) electrons. The molecule has 1 nitrogen and oxygen atoms in total. The maximum absolute atomic E-state index is 3.66. The number of fused-ring (bicyclic) bond motifs is 1. The van der Waals surface area contributed by atoms with Crippen LogP contribution in [0.3, 0.4) is 0 Å². The molecule has 0 amide bonds. The minimum Gasteiger partial charge on any atom is -0.296 e. The highest BCUT2D eigenvalue weighted by Gasteiger charge is 2.30. The second kappa shape index (κ2) is 3.59. The minimum atomic E-state index is 0.224. The lowest BCUT2D eigenvalue weighted by atomic mass is 9.88. The molecule has 2 heteroatoms. The maximum Gasteiger partial charge on any atom is 0.0793 e. The normalized spacial score (nSPS) is 24.4. The highest BCUT2D eigenvalue weighted by Crippen LogP contribution is 2.35. The van der Waals surface area contributed by atoms with Crippen molar-refractivity contribution in [3.05, 3.63) is 35.4 Å². The lowest BCUT2D eigenvalue weighted by Crippen LogP contribution is -2.46. The van der Waals surface area contributed by atoms with Gasteiger partial charge in [0.15, 0.2) is 0 Å². The topological polar surface area (TPSA) is 12.0 Å². The van der Waals surface area contributed by atoms with E-state index in [1.54, 1.807) is 0 Å². The van der Waals surface area contributed by atoms with Crippen molar-refractivity contribution in [1.82, 2.24) is 5.32 Å². The van der Waals surface area contributed by atoms with E-state index in [0.29, 0.717) is 5.37 Å². The van der Waals surface area contributed by atoms with E-state index in [4.69, 9.17) is 0 Å². The molecule has 76 valence electrons. The van der Waals surface area contributed by atoms with Gasteiger partial charge in [-0.3, -0.25) is 5.32 Å². The maximum atomic E-state index is 3.66. The highest BCUT2D eigenvalue weighted by molar-refractivity contribution is 7.98. The van der Waals surface area contributed by atoms with Crippen LogP contribution in [0.15, 0.2) is 24.3 Å². The third-order valence-electron chi connectivity index (χ3n) is 2.73. The summed E-state index contributed by atoms with van der Waals surface area (Å²) < 4.78 is 0. The number of thioether (sulfide) groups is 1. The van der Waals surface area contributed by atoms with Gasteiger partial charge in [0.2, 0.25) is 0 Å². The molecule has 0 aliphatic carbocycles. The Bertz CT molecular complexity index is 333. The Balaban J connectivity index is 2.41. The molecule has 1 N–H and O–H groups in total. The van der Waals surface area contributed by atoms with Crippen molar-refractivity contribution in [1.29, 1.82) is 0 Å². The van der Waals surface area contributed by atoms with E-state index < -0.39 is 0 Å². The Morgan fingerprint density at radius 2 is 2.07 bits per heavy atom. The van der Waals surface area contributed by atoms with Crippen LogP contribution < -0.4 is 5.32 Å². The summed E-state index contributed by atoms with van der Waals surface area (Å²) in [6.45, 7) is 4.54. The number of rotatable bonds is 1. The second-order valence-electron chi connectivity index (χ2n) is 4.52. The Labute approximate surface area is 90.3 Å². The highest BCUT2D eigenvalue weighted by atomic mass is 32.2. The number of nitrogens with one attached hydrogen (secondary N) is 1. The predicted octanol–water partition coefficient (Wildman–Crippen LogP) is 2.97. The van der Waals surface area contributed by atoms with Gasteiger partial charge in [-0.15, -0.1) is 11.8 Å². The molecule has 0 saturated heterocycles. The zero-order valence-electron chi connectivity index (χ0n) is 9.00. The molecule has 1 aliphatic rings. The van der Waals surface area contributed by atoms with E-state index in [0.717, 1.165) is 6.42 Å². The van der Waals surface area contributed by atoms with Crippen LogP contribution in [0, 0.1) is 0 Å². The van der Waals surface area contributed by atoms with Crippen molar-refractivity contribution in [3.63, 3.8) is 0 Å². The van der Waals surface area contributed by atoms with Gasteiger partial charge in [0.05, 0.1) is 5.37 Å². The Morgan fingerprint density at radius 3 is 2.79 bits per heavy atom. The monoisotopic (exact) mass is 207 g/mol. The zero-order valence-corrected chi connectivity index (χ0v) is 9.82. The summed E-state index contributed by atoms with van der Waals surface area (Å²) in [6.07, 6.45) is 3.29. The zero-order chi connectivity index (χ0) is 10.2. The smallest absolute Gasteiger partial charge is 0.0793 e. The molecule has 1 heterocycles. The van der Waals surface area contributed by atoms with Crippen LogP contribution >= 0.6 is 11.8 Å². The van der Waals surface area contributed by atoms with E-state index in [9.17, 15) is 0 Å². The van der Waals surface area contributed by atoms with Gasteiger partial charge < -0.3 is 0 Å². The molecule has 1 aromatic rings. The fraction of sp³-hybridized carbons (Fsp3) is 0.500. The molecule has 1 atom stereocenters. The van der Waals surface area contributed by atoms with Crippen LogP contribution in [0.2, 0.25) is 0 Å². The van der Waals surface area contributed by atoms with Gasteiger partial charge in [-0.1, -0.05) is 24.3 Å². The van der Waals surface area contributed by atoms with Crippen molar-refractivity contribution in [2.24, 2.45) is 0 Å². The van der Waals surface area contributed by atoms with Gasteiger partial charge in [-0.05, 0) is 37.7 Å². The summed E-state index contributed by atoms with van der Waals surface area (Å²) in [4.78, 5) is 0. The largest absolute Gasteiger partial charge is 0.296 e. The van der Waals surface area contributed by atoms with Crippen molar-refractivity contribution < 1.29 is 0 Å². The molecule has 14 heavy (non-hydrogen) atoms. The molecule has 0 bridgehead atoms. The van der Waals surface area contributed by atoms with Crippen LogP contribution in [0.5, 0.6) is 0 Å². The molecule has 1 aromatic carbocycles. The van der Waals surface area contributed by atoms with Crippen LogP contribution in [-0.2, 0) is 6.42 Å². The molecule has 1 aliphatic heterocycles. The van der Waals surface area contributed by atoms with E-state index in [1.165, 1.54) is 11.1 Å². The Morgan fingerprint density at radius 1 is 1.36 bits per heavy atom. The molecule has 2 rings (SSSR count). The van der Waals surface area contributed by atoms with Gasteiger partial charge in [-0.25, -0.2) is 0 Å². The van der Waals surface area contributed by atoms with Crippen molar-refractivity contribution in [2.45, 2.75) is 31.2 Å². The number of hydrogen-bond donors (Lipinski definition) is 1. The average Bonchev–Trinajstić information content (AvgIpc) is 2.15. The first-order valence-electron chi connectivity index (χ1n) is 5.01. The third kappa shape index (κ3) is 1.82. The van der Waals surface area contributed by atoms with Crippen LogP contribution in [0.4, 0.5) is 0 Å². The van der Waals surface area contributed by atoms with E-state index in [2.05, 4.69) is 49.7 Å². The standard InChI is InChI=1S/C12H17NS/c1-12(2)8-9-6-4-5-7-10(9)11(13-12)14-3/h4-7,11,13H,8H2,1-3H3. The molecular formula is C12H17NS. The average molecular weight is 207 g/mol. The van der Waals surface area contributed by atoms with Gasteiger partial charge >= 0.3 is 0 Å². The summed E-state index contributed by atoms with van der Waals surface area (Å²) in [5.74, 6) is 0. The van der Waals surface area contributed by atoms with Crippen LogP contribution in [0.25, 0.3) is 0 Å². The molecule has 1 unspecified atom stereocenters. The quantitative estimate of drug-likeness (QED) is 0.760. The van der Waals surface area contributed by atoms with Gasteiger partial charge in [-0.2, -0.15) is 0 Å².